The molecular formula is C18H23N3O3. The Morgan fingerprint density at radius 2 is 1.75 bits per heavy atom. The number of anilines is 1. The van der Waals surface area contributed by atoms with Crippen molar-refractivity contribution in [1.29, 1.82) is 0 Å². The van der Waals surface area contributed by atoms with E-state index in [-0.39, 0.29) is 0 Å². The summed E-state index contributed by atoms with van der Waals surface area (Å²) in [6, 6.07) is 13.5. The molecule has 3 N–H and O–H groups in total. The summed E-state index contributed by atoms with van der Waals surface area (Å²) in [5.74, 6) is 1.65. The number of hydrogen-bond donors (Lipinski definition) is 2. The van der Waals surface area contributed by atoms with E-state index in [0.717, 1.165) is 16.8 Å². The van der Waals surface area contributed by atoms with Crippen molar-refractivity contribution in [3.8, 4) is 11.5 Å². The lowest BCUT2D eigenvalue weighted by Crippen LogP contribution is -2.23. The lowest BCUT2D eigenvalue weighted by Gasteiger charge is -2.12. The van der Waals surface area contributed by atoms with Crippen LogP contribution in [-0.2, 0) is 17.9 Å². The standard InChI is InChI=1S/C18H23N3O3/c1-22-12-14-7-4-5-9-15(14)21-18(19)20-11-13-8-6-10-16(23-2)17(13)24-3/h4-10H,11-12H2,1-3H3,(H3,19,20,21). The number of methoxy groups -OCH3 is 3. The SMILES string of the molecule is COCc1ccccc1NC(N)=NCc1cccc(OC)c1OC. The van der Waals surface area contributed by atoms with Crippen molar-refractivity contribution < 1.29 is 14.2 Å². The Morgan fingerprint density at radius 3 is 2.46 bits per heavy atom. The molecule has 2 aromatic rings. The first-order valence-electron chi connectivity index (χ1n) is 7.53. The van der Waals surface area contributed by atoms with Gasteiger partial charge in [0.2, 0.25) is 0 Å². The van der Waals surface area contributed by atoms with E-state index < -0.39 is 0 Å². The van der Waals surface area contributed by atoms with E-state index in [1.165, 1.54) is 0 Å². The van der Waals surface area contributed by atoms with Crippen LogP contribution in [0.5, 0.6) is 11.5 Å². The van der Waals surface area contributed by atoms with Crippen molar-refractivity contribution in [2.24, 2.45) is 10.7 Å². The van der Waals surface area contributed by atoms with Crippen LogP contribution >= 0.6 is 0 Å². The highest BCUT2D eigenvalue weighted by Gasteiger charge is 2.09. The molecule has 0 heterocycles. The molecule has 0 spiro atoms. The van der Waals surface area contributed by atoms with Gasteiger partial charge in [0.05, 0.1) is 27.4 Å². The summed E-state index contributed by atoms with van der Waals surface area (Å²) in [7, 11) is 4.87. The third-order valence-electron chi connectivity index (χ3n) is 3.48. The summed E-state index contributed by atoms with van der Waals surface area (Å²) in [6.07, 6.45) is 0. The Labute approximate surface area is 142 Å². The number of ether oxygens (including phenoxy) is 3. The van der Waals surface area contributed by atoms with E-state index >= 15 is 0 Å². The Hall–Kier alpha value is -2.73. The molecule has 0 saturated carbocycles. The molecule has 0 amide bonds. The third kappa shape index (κ3) is 4.39. The minimum atomic E-state index is 0.323. The third-order valence-corrected chi connectivity index (χ3v) is 3.48. The first-order valence-corrected chi connectivity index (χ1v) is 7.53. The number of guanidine groups is 1. The van der Waals surface area contributed by atoms with Gasteiger partial charge in [-0.2, -0.15) is 0 Å². The van der Waals surface area contributed by atoms with Crippen molar-refractivity contribution >= 4 is 11.6 Å². The summed E-state index contributed by atoms with van der Waals surface area (Å²) in [5, 5.41) is 3.11. The normalized spacial score (nSPS) is 11.2. The van der Waals surface area contributed by atoms with E-state index in [2.05, 4.69) is 10.3 Å². The number of benzene rings is 2. The van der Waals surface area contributed by atoms with Crippen LogP contribution in [0.1, 0.15) is 11.1 Å². The predicted molar refractivity (Wildman–Crippen MR) is 95.7 cm³/mol. The van der Waals surface area contributed by atoms with Crippen LogP contribution < -0.4 is 20.5 Å². The fourth-order valence-corrected chi connectivity index (χ4v) is 2.35. The largest absolute Gasteiger partial charge is 0.493 e. The van der Waals surface area contributed by atoms with Crippen LogP contribution in [0.3, 0.4) is 0 Å². The summed E-state index contributed by atoms with van der Waals surface area (Å²) in [6.45, 7) is 0.881. The number of hydrogen-bond acceptors (Lipinski definition) is 4. The van der Waals surface area contributed by atoms with Crippen LogP contribution in [0.15, 0.2) is 47.5 Å². The van der Waals surface area contributed by atoms with Gasteiger partial charge in [-0.1, -0.05) is 30.3 Å². The quantitative estimate of drug-likeness (QED) is 0.603. The number of nitrogens with one attached hydrogen (secondary N) is 1. The van der Waals surface area contributed by atoms with Crippen LogP contribution in [0.2, 0.25) is 0 Å². The van der Waals surface area contributed by atoms with Crippen LogP contribution in [-0.4, -0.2) is 27.3 Å². The van der Waals surface area contributed by atoms with Crippen molar-refractivity contribution in [3.05, 3.63) is 53.6 Å². The highest BCUT2D eigenvalue weighted by Crippen LogP contribution is 2.31. The molecule has 2 rings (SSSR count). The maximum absolute atomic E-state index is 6.01. The molecule has 0 saturated heterocycles. The van der Waals surface area contributed by atoms with E-state index in [1.54, 1.807) is 21.3 Å². The predicted octanol–water partition coefficient (Wildman–Crippen LogP) is 2.78. The fourth-order valence-electron chi connectivity index (χ4n) is 2.35. The van der Waals surface area contributed by atoms with E-state index in [4.69, 9.17) is 19.9 Å². The molecular weight excluding hydrogens is 306 g/mol. The second-order valence-corrected chi connectivity index (χ2v) is 5.07. The molecule has 0 fully saturated rings. The Kier molecular flexibility index (Phi) is 6.45. The van der Waals surface area contributed by atoms with Crippen LogP contribution in [0.4, 0.5) is 5.69 Å². The van der Waals surface area contributed by atoms with Gasteiger partial charge >= 0.3 is 0 Å². The molecule has 0 atom stereocenters. The summed E-state index contributed by atoms with van der Waals surface area (Å²) in [4.78, 5) is 4.38. The van der Waals surface area contributed by atoms with Gasteiger partial charge in [-0.25, -0.2) is 4.99 Å². The van der Waals surface area contributed by atoms with Gasteiger partial charge < -0.3 is 25.3 Å². The second kappa shape index (κ2) is 8.79. The summed E-state index contributed by atoms with van der Waals surface area (Å²) >= 11 is 0. The van der Waals surface area contributed by atoms with Gasteiger partial charge in [-0.05, 0) is 12.1 Å². The zero-order valence-electron chi connectivity index (χ0n) is 14.2. The van der Waals surface area contributed by atoms with Gasteiger partial charge in [-0.3, -0.25) is 0 Å². The number of rotatable bonds is 7. The van der Waals surface area contributed by atoms with Gasteiger partial charge in [0.15, 0.2) is 17.5 Å². The molecule has 128 valence electrons. The van der Waals surface area contributed by atoms with Gasteiger partial charge in [-0.15, -0.1) is 0 Å². The monoisotopic (exact) mass is 329 g/mol. The summed E-state index contributed by atoms with van der Waals surface area (Å²) < 4.78 is 15.9. The maximum Gasteiger partial charge on any atom is 0.193 e. The molecule has 0 aliphatic carbocycles. The van der Waals surface area contributed by atoms with Crippen molar-refractivity contribution in [1.82, 2.24) is 0 Å². The first kappa shape index (κ1) is 17.6. The average molecular weight is 329 g/mol. The fraction of sp³-hybridized carbons (Fsp3) is 0.278. The maximum atomic E-state index is 6.01. The van der Waals surface area contributed by atoms with Gasteiger partial charge in [0.1, 0.15) is 0 Å². The molecule has 0 aromatic heterocycles. The molecule has 0 aliphatic rings. The number of aliphatic imine (C=N–C) groups is 1. The van der Waals surface area contributed by atoms with Crippen molar-refractivity contribution in [2.45, 2.75) is 13.2 Å². The minimum Gasteiger partial charge on any atom is -0.493 e. The zero-order chi connectivity index (χ0) is 17.4. The van der Waals surface area contributed by atoms with Crippen molar-refractivity contribution in [2.75, 3.05) is 26.6 Å². The van der Waals surface area contributed by atoms with E-state index in [9.17, 15) is 0 Å². The van der Waals surface area contributed by atoms with Crippen LogP contribution in [0, 0.1) is 0 Å². The van der Waals surface area contributed by atoms with Crippen LogP contribution in [0.25, 0.3) is 0 Å². The number of para-hydroxylation sites is 2. The molecule has 0 radical (unpaired) electrons. The molecule has 0 unspecified atom stereocenters. The summed E-state index contributed by atoms with van der Waals surface area (Å²) in [5.41, 5.74) is 8.79. The van der Waals surface area contributed by atoms with Gasteiger partial charge in [0.25, 0.3) is 0 Å². The Morgan fingerprint density at radius 1 is 1.00 bits per heavy atom. The molecule has 0 bridgehead atoms. The number of nitrogens with two attached hydrogens (primary N) is 1. The smallest absolute Gasteiger partial charge is 0.193 e. The lowest BCUT2D eigenvalue weighted by molar-refractivity contribution is 0.185. The van der Waals surface area contributed by atoms with E-state index in [1.807, 2.05) is 42.5 Å². The minimum absolute atomic E-state index is 0.323. The Balaban J connectivity index is 2.13. The highest BCUT2D eigenvalue weighted by molar-refractivity contribution is 5.93. The lowest BCUT2D eigenvalue weighted by atomic mass is 10.2. The second-order valence-electron chi connectivity index (χ2n) is 5.07. The molecule has 24 heavy (non-hydrogen) atoms. The van der Waals surface area contributed by atoms with Crippen molar-refractivity contribution in [3.63, 3.8) is 0 Å². The molecule has 0 aliphatic heterocycles. The average Bonchev–Trinajstić information content (AvgIpc) is 2.61. The van der Waals surface area contributed by atoms with Gasteiger partial charge in [0, 0.05) is 23.9 Å². The highest BCUT2D eigenvalue weighted by atomic mass is 16.5. The number of nitrogens with zero attached hydrogens (tertiary/aromatic N) is 1. The molecule has 2 aromatic carbocycles. The Bertz CT molecular complexity index is 702. The molecule has 6 nitrogen and oxygen atoms in total. The first-order chi connectivity index (χ1) is 11.7. The zero-order valence-corrected chi connectivity index (χ0v) is 14.2. The van der Waals surface area contributed by atoms with E-state index in [0.29, 0.717) is 30.6 Å². The topological polar surface area (TPSA) is 78.1 Å². The molecule has 6 heteroatoms.